The maximum Gasteiger partial charge on any atom is 0.254 e. The molecule has 3 unspecified atom stereocenters. The Labute approximate surface area is 282 Å². The first-order chi connectivity index (χ1) is 22.3. The molecule has 1 aromatic rings. The van der Waals surface area contributed by atoms with Crippen molar-refractivity contribution >= 4 is 5.91 Å². The van der Waals surface area contributed by atoms with Crippen LogP contribution in [0.2, 0.25) is 0 Å². The molecule has 7 heteroatoms. The number of aliphatic hydroxyl groups excluding tert-OH is 3. The fourth-order valence-electron chi connectivity index (χ4n) is 9.94. The molecule has 47 heavy (non-hydrogen) atoms. The highest BCUT2D eigenvalue weighted by atomic mass is 16.5. The number of aliphatic hydroxyl groups is 4. The molecule has 260 valence electrons. The van der Waals surface area contributed by atoms with Gasteiger partial charge in [-0.15, -0.1) is 0 Å². The SMILES string of the molecule is C=C1/C(=C\C=C2/CCC[C@@]3(C)C2CC[C@@H]3[C@H](C)CC2CC(C)(O)C(=O)N2Cc2cc(C)cc(OCC)c2)C[C@@H](O)[C@H](CCCO)[C@@H]1O. The minimum Gasteiger partial charge on any atom is -0.494 e. The lowest BCUT2D eigenvalue weighted by molar-refractivity contribution is -0.142. The second-order valence-electron chi connectivity index (χ2n) is 15.7. The Balaban J connectivity index is 1.30. The van der Waals surface area contributed by atoms with E-state index in [1.165, 1.54) is 12.0 Å². The lowest BCUT2D eigenvalue weighted by Crippen LogP contribution is -2.40. The fourth-order valence-corrected chi connectivity index (χ4v) is 9.94. The first-order valence-corrected chi connectivity index (χ1v) is 18.1. The summed E-state index contributed by atoms with van der Waals surface area (Å²) in [5.41, 5.74) is 4.02. The monoisotopic (exact) mass is 649 g/mol. The molecule has 3 saturated carbocycles. The number of fused-ring (bicyclic) bond motifs is 1. The molecule has 0 radical (unpaired) electrons. The van der Waals surface area contributed by atoms with Crippen LogP contribution in [0, 0.1) is 36.0 Å². The summed E-state index contributed by atoms with van der Waals surface area (Å²) in [5, 5.41) is 42.0. The van der Waals surface area contributed by atoms with Crippen molar-refractivity contribution in [2.24, 2.45) is 29.1 Å². The molecule has 0 aromatic heterocycles. The van der Waals surface area contributed by atoms with Gasteiger partial charge >= 0.3 is 0 Å². The van der Waals surface area contributed by atoms with E-state index in [-0.39, 0.29) is 29.9 Å². The third kappa shape index (κ3) is 7.44. The Morgan fingerprint density at radius 3 is 2.66 bits per heavy atom. The van der Waals surface area contributed by atoms with Crippen molar-refractivity contribution in [2.45, 2.75) is 129 Å². The number of likely N-dealkylation sites (tertiary alicyclic amines) is 1. The summed E-state index contributed by atoms with van der Waals surface area (Å²) in [6.45, 7) is 15.8. The molecule has 0 spiro atoms. The summed E-state index contributed by atoms with van der Waals surface area (Å²) >= 11 is 0. The van der Waals surface area contributed by atoms with Gasteiger partial charge in [0.15, 0.2) is 0 Å². The van der Waals surface area contributed by atoms with Crippen LogP contribution in [0.15, 0.2) is 53.6 Å². The van der Waals surface area contributed by atoms with Gasteiger partial charge in [0.1, 0.15) is 11.4 Å². The van der Waals surface area contributed by atoms with Crippen LogP contribution in [-0.4, -0.2) is 68.3 Å². The molecule has 1 heterocycles. The first kappa shape index (κ1) is 35.8. The van der Waals surface area contributed by atoms with Crippen LogP contribution in [0.5, 0.6) is 5.75 Å². The normalized spacial score (nSPS) is 36.7. The number of nitrogens with zero attached hydrogens (tertiary/aromatic N) is 1. The van der Waals surface area contributed by atoms with Gasteiger partial charge in [-0.3, -0.25) is 4.79 Å². The highest BCUT2D eigenvalue weighted by Crippen LogP contribution is 2.60. The van der Waals surface area contributed by atoms with Gasteiger partial charge in [0.25, 0.3) is 5.91 Å². The molecular weight excluding hydrogens is 590 g/mol. The van der Waals surface area contributed by atoms with Crippen LogP contribution in [0.3, 0.4) is 0 Å². The molecule has 4 aliphatic rings. The van der Waals surface area contributed by atoms with E-state index < -0.39 is 17.8 Å². The fraction of sp³-hybridized carbons (Fsp3) is 0.675. The van der Waals surface area contributed by atoms with Gasteiger partial charge in [0.05, 0.1) is 18.8 Å². The van der Waals surface area contributed by atoms with E-state index in [9.17, 15) is 25.2 Å². The number of ether oxygens (including phenoxy) is 1. The average Bonchev–Trinajstić information content (AvgIpc) is 3.47. The average molecular weight is 650 g/mol. The maximum atomic E-state index is 13.5. The van der Waals surface area contributed by atoms with Crippen LogP contribution in [-0.2, 0) is 11.3 Å². The predicted molar refractivity (Wildman–Crippen MR) is 186 cm³/mol. The molecular formula is C40H59NO6. The predicted octanol–water partition coefficient (Wildman–Crippen LogP) is 6.41. The van der Waals surface area contributed by atoms with Gasteiger partial charge in [-0.2, -0.15) is 0 Å². The van der Waals surface area contributed by atoms with Crippen molar-refractivity contribution in [3.05, 3.63) is 64.8 Å². The van der Waals surface area contributed by atoms with Crippen molar-refractivity contribution in [1.29, 1.82) is 0 Å². The van der Waals surface area contributed by atoms with E-state index in [0.29, 0.717) is 62.2 Å². The standard InChI is InChI=1S/C40H59NO6/c1-7-47-32-19-25(2)18-28(21-32)24-41-31(23-40(6,46)38(41)45)20-26(3)34-14-15-35-29(10-8-16-39(34,35)5)12-13-30-22-36(43)33(11-9-17-42)37(44)27(30)4/h12-13,18-19,21,26,31,33-37,42-44,46H,4,7-11,14-17,20,22-24H2,1-3,5-6H3/b29-12+,30-13-/t26-,31?,33+,34-,35?,36-,37-,39-,40?/m1/s1. The molecule has 1 aliphatic heterocycles. The Kier molecular flexibility index (Phi) is 11.1. The summed E-state index contributed by atoms with van der Waals surface area (Å²) in [4.78, 5) is 15.4. The van der Waals surface area contributed by atoms with Crippen LogP contribution >= 0.6 is 0 Å². The van der Waals surface area contributed by atoms with E-state index in [1.54, 1.807) is 6.92 Å². The van der Waals surface area contributed by atoms with Crippen LogP contribution < -0.4 is 4.74 Å². The van der Waals surface area contributed by atoms with Crippen molar-refractivity contribution in [2.75, 3.05) is 13.2 Å². The van der Waals surface area contributed by atoms with Gasteiger partial charge in [0.2, 0.25) is 0 Å². The van der Waals surface area contributed by atoms with Crippen LogP contribution in [0.4, 0.5) is 0 Å². The third-order valence-electron chi connectivity index (χ3n) is 12.2. The minimum atomic E-state index is -1.35. The molecule has 3 aliphatic carbocycles. The van der Waals surface area contributed by atoms with E-state index in [0.717, 1.165) is 54.6 Å². The summed E-state index contributed by atoms with van der Waals surface area (Å²) in [5.74, 6) is 1.75. The second-order valence-corrected chi connectivity index (χ2v) is 15.7. The second kappa shape index (κ2) is 14.6. The van der Waals surface area contributed by atoms with Gasteiger partial charge in [0, 0.05) is 31.5 Å². The number of hydrogen-bond acceptors (Lipinski definition) is 6. The number of hydrogen-bond donors (Lipinski definition) is 4. The van der Waals surface area contributed by atoms with E-state index in [2.05, 4.69) is 38.6 Å². The molecule has 1 amide bonds. The molecule has 0 bridgehead atoms. The molecule has 9 atom stereocenters. The largest absolute Gasteiger partial charge is 0.494 e. The van der Waals surface area contributed by atoms with Gasteiger partial charge in [-0.1, -0.05) is 44.2 Å². The number of carbonyl (C=O) groups is 1. The number of benzene rings is 1. The molecule has 5 rings (SSSR count). The van der Waals surface area contributed by atoms with Crippen molar-refractivity contribution in [3.63, 3.8) is 0 Å². The third-order valence-corrected chi connectivity index (χ3v) is 12.2. The molecule has 7 nitrogen and oxygen atoms in total. The maximum absolute atomic E-state index is 13.5. The Hall–Kier alpha value is -2.45. The van der Waals surface area contributed by atoms with E-state index >= 15 is 0 Å². The zero-order valence-corrected chi connectivity index (χ0v) is 29.4. The first-order valence-electron chi connectivity index (χ1n) is 18.1. The van der Waals surface area contributed by atoms with Crippen molar-refractivity contribution in [3.8, 4) is 5.75 Å². The summed E-state index contributed by atoms with van der Waals surface area (Å²) in [6, 6.07) is 6.12. The molecule has 4 fully saturated rings. The van der Waals surface area contributed by atoms with Crippen LogP contribution in [0.1, 0.15) is 103 Å². The molecule has 1 aromatic carbocycles. The summed E-state index contributed by atoms with van der Waals surface area (Å²) in [6.07, 6.45) is 11.6. The Morgan fingerprint density at radius 2 is 1.94 bits per heavy atom. The lowest BCUT2D eigenvalue weighted by Gasteiger charge is -2.45. The smallest absolute Gasteiger partial charge is 0.254 e. The van der Waals surface area contributed by atoms with Gasteiger partial charge < -0.3 is 30.1 Å². The number of aryl methyl sites for hydroxylation is 1. The Bertz CT molecular complexity index is 1360. The Morgan fingerprint density at radius 1 is 1.17 bits per heavy atom. The quantitative estimate of drug-likeness (QED) is 0.221. The number of allylic oxidation sites excluding steroid dienone is 3. The zero-order chi connectivity index (χ0) is 34.1. The van der Waals surface area contributed by atoms with E-state index in [4.69, 9.17) is 4.74 Å². The van der Waals surface area contributed by atoms with Crippen molar-refractivity contribution < 1.29 is 30.0 Å². The zero-order valence-electron chi connectivity index (χ0n) is 29.4. The molecule has 4 N–H and O–H groups in total. The van der Waals surface area contributed by atoms with Crippen LogP contribution in [0.25, 0.3) is 0 Å². The van der Waals surface area contributed by atoms with Crippen molar-refractivity contribution in [1.82, 2.24) is 4.90 Å². The number of amides is 1. The minimum absolute atomic E-state index is 0.0223. The summed E-state index contributed by atoms with van der Waals surface area (Å²) < 4.78 is 5.78. The highest BCUT2D eigenvalue weighted by molar-refractivity contribution is 5.87. The van der Waals surface area contributed by atoms with Gasteiger partial charge in [-0.25, -0.2) is 0 Å². The number of carbonyl (C=O) groups excluding carboxylic acids is 1. The summed E-state index contributed by atoms with van der Waals surface area (Å²) in [7, 11) is 0. The van der Waals surface area contributed by atoms with Gasteiger partial charge in [-0.05, 0) is 136 Å². The van der Waals surface area contributed by atoms with E-state index in [1.807, 2.05) is 30.9 Å². The highest BCUT2D eigenvalue weighted by Gasteiger charge is 2.53. The number of rotatable bonds is 11. The topological polar surface area (TPSA) is 110 Å². The molecule has 1 saturated heterocycles. The lowest BCUT2D eigenvalue weighted by atomic mass is 9.60.